The molecule has 138 valence electrons. The van der Waals surface area contributed by atoms with E-state index in [2.05, 4.69) is 21.0 Å². The molecule has 2 aromatic rings. The van der Waals surface area contributed by atoms with Gasteiger partial charge in [0.2, 0.25) is 0 Å². The summed E-state index contributed by atoms with van der Waals surface area (Å²) in [7, 11) is 0. The molecule has 0 unspecified atom stereocenters. The Hall–Kier alpha value is -1.83. The average Bonchev–Trinajstić information content (AvgIpc) is 2.67. The number of hydrogen-bond acceptors (Lipinski definition) is 5. The van der Waals surface area contributed by atoms with E-state index in [-0.39, 0.29) is 23.2 Å². The summed E-state index contributed by atoms with van der Waals surface area (Å²) < 4.78 is 3.73. The molecule has 1 N–H and O–H groups in total. The first kappa shape index (κ1) is 18.9. The molecule has 3 rings (SSSR count). The highest BCUT2D eigenvalue weighted by molar-refractivity contribution is 7.96. The highest BCUT2D eigenvalue weighted by Gasteiger charge is 2.22. The predicted octanol–water partition coefficient (Wildman–Crippen LogP) is 2.74. The van der Waals surface area contributed by atoms with Crippen LogP contribution in [0.2, 0.25) is 5.02 Å². The van der Waals surface area contributed by atoms with Crippen LogP contribution in [0.25, 0.3) is 0 Å². The molecule has 0 spiro atoms. The minimum absolute atomic E-state index is 0.0339. The molecule has 1 amide bonds. The molecule has 1 aliphatic heterocycles. The maximum atomic E-state index is 12.4. The highest BCUT2D eigenvalue weighted by Crippen LogP contribution is 2.23. The number of hydrogen-bond donors (Lipinski definition) is 1. The summed E-state index contributed by atoms with van der Waals surface area (Å²) in [5, 5.41) is 7.76. The van der Waals surface area contributed by atoms with E-state index < -0.39 is 0 Å². The lowest BCUT2D eigenvalue weighted by atomic mass is 10.1. The van der Waals surface area contributed by atoms with Gasteiger partial charge in [-0.15, -0.1) is 0 Å². The first-order valence-electron chi connectivity index (χ1n) is 8.48. The summed E-state index contributed by atoms with van der Waals surface area (Å²) in [5.74, 6) is -0.305. The van der Waals surface area contributed by atoms with Crippen molar-refractivity contribution in [1.82, 2.24) is 19.4 Å². The fourth-order valence-corrected chi connectivity index (χ4v) is 3.79. The zero-order valence-corrected chi connectivity index (χ0v) is 16.1. The Morgan fingerprint density at radius 1 is 1.31 bits per heavy atom. The topological polar surface area (TPSA) is 67.2 Å². The van der Waals surface area contributed by atoms with E-state index in [0.717, 1.165) is 31.5 Å². The zero-order valence-electron chi connectivity index (χ0n) is 14.5. The number of carbonyl (C=O) groups excluding carboxylic acids is 1. The number of amides is 1. The van der Waals surface area contributed by atoms with Crippen molar-refractivity contribution in [1.29, 1.82) is 0 Å². The largest absolute Gasteiger partial charge is 0.347 e. The summed E-state index contributed by atoms with van der Waals surface area (Å²) >= 11 is 7.67. The molecule has 26 heavy (non-hydrogen) atoms. The van der Waals surface area contributed by atoms with E-state index in [1.54, 1.807) is 24.1 Å². The van der Waals surface area contributed by atoms with E-state index in [1.807, 2.05) is 12.1 Å². The SMILES string of the molecule is CSN1CCC(n2nc(C(=O)NCc3cccc(Cl)c3)ccc2=O)CC1. The van der Waals surface area contributed by atoms with Crippen molar-refractivity contribution in [2.45, 2.75) is 25.4 Å². The zero-order chi connectivity index (χ0) is 18.5. The summed E-state index contributed by atoms with van der Waals surface area (Å²) in [4.78, 5) is 24.6. The average molecular weight is 393 g/mol. The number of carbonyl (C=O) groups is 1. The van der Waals surface area contributed by atoms with Crippen molar-refractivity contribution in [2.75, 3.05) is 19.3 Å². The van der Waals surface area contributed by atoms with Gasteiger partial charge in [-0.05, 0) is 42.9 Å². The van der Waals surface area contributed by atoms with Gasteiger partial charge in [-0.2, -0.15) is 5.10 Å². The van der Waals surface area contributed by atoms with Gasteiger partial charge in [0.15, 0.2) is 0 Å². The van der Waals surface area contributed by atoms with Crippen LogP contribution in [0.4, 0.5) is 0 Å². The van der Waals surface area contributed by atoms with Crippen molar-refractivity contribution in [3.63, 3.8) is 0 Å². The first-order valence-corrected chi connectivity index (χ1v) is 10.0. The minimum Gasteiger partial charge on any atom is -0.347 e. The molecular formula is C18H21ClN4O2S. The maximum Gasteiger partial charge on any atom is 0.271 e. The second-order valence-corrected chi connectivity index (χ2v) is 7.47. The third kappa shape index (κ3) is 4.66. The number of benzene rings is 1. The molecule has 1 saturated heterocycles. The van der Waals surface area contributed by atoms with Crippen molar-refractivity contribution in [2.24, 2.45) is 0 Å². The van der Waals surface area contributed by atoms with Crippen molar-refractivity contribution < 1.29 is 4.79 Å². The van der Waals surface area contributed by atoms with Crippen LogP contribution in [0.3, 0.4) is 0 Å². The van der Waals surface area contributed by atoms with Gasteiger partial charge in [0, 0.05) is 30.7 Å². The molecule has 0 bridgehead atoms. The molecule has 0 radical (unpaired) electrons. The van der Waals surface area contributed by atoms with Gasteiger partial charge in [-0.25, -0.2) is 4.68 Å². The van der Waals surface area contributed by atoms with Crippen molar-refractivity contribution >= 4 is 29.5 Å². The molecule has 0 aliphatic carbocycles. The number of nitrogens with one attached hydrogen (secondary N) is 1. The Morgan fingerprint density at radius 2 is 2.08 bits per heavy atom. The number of aromatic nitrogens is 2. The van der Waals surface area contributed by atoms with E-state index in [0.29, 0.717) is 11.6 Å². The van der Waals surface area contributed by atoms with Crippen LogP contribution in [0.1, 0.15) is 34.9 Å². The summed E-state index contributed by atoms with van der Waals surface area (Å²) in [6.07, 6.45) is 3.75. The Bertz CT molecular complexity index is 834. The summed E-state index contributed by atoms with van der Waals surface area (Å²) in [5.41, 5.74) is 0.988. The van der Waals surface area contributed by atoms with Crippen LogP contribution in [0.5, 0.6) is 0 Å². The molecule has 1 aliphatic rings. The molecule has 0 saturated carbocycles. The molecule has 0 atom stereocenters. The quantitative estimate of drug-likeness (QED) is 0.792. The highest BCUT2D eigenvalue weighted by atomic mass is 35.5. The molecule has 8 heteroatoms. The second kappa shape index (κ2) is 8.70. The number of halogens is 1. The first-order chi connectivity index (χ1) is 12.6. The monoisotopic (exact) mass is 392 g/mol. The van der Waals surface area contributed by atoms with E-state index in [9.17, 15) is 9.59 Å². The van der Waals surface area contributed by atoms with Crippen LogP contribution in [-0.2, 0) is 6.54 Å². The lowest BCUT2D eigenvalue weighted by Crippen LogP contribution is -2.36. The van der Waals surface area contributed by atoms with Gasteiger partial charge >= 0.3 is 0 Å². The molecule has 1 fully saturated rings. The number of rotatable bonds is 5. The molecular weight excluding hydrogens is 372 g/mol. The minimum atomic E-state index is -0.305. The van der Waals surface area contributed by atoms with E-state index in [1.165, 1.54) is 16.8 Å². The molecule has 2 heterocycles. The predicted molar refractivity (Wildman–Crippen MR) is 104 cm³/mol. The van der Waals surface area contributed by atoms with Gasteiger partial charge in [0.05, 0.1) is 6.04 Å². The Morgan fingerprint density at radius 3 is 2.77 bits per heavy atom. The van der Waals surface area contributed by atoms with Crippen LogP contribution < -0.4 is 10.9 Å². The molecule has 1 aromatic carbocycles. The van der Waals surface area contributed by atoms with Gasteiger partial charge in [-0.3, -0.25) is 13.9 Å². The Balaban J connectivity index is 1.68. The van der Waals surface area contributed by atoms with Crippen LogP contribution in [0, 0.1) is 0 Å². The standard InChI is InChI=1S/C18H21ClN4O2S/c1-26-22-9-7-15(8-10-22)23-17(24)6-5-16(21-23)18(25)20-12-13-3-2-4-14(19)11-13/h2-6,11,15H,7-10,12H2,1H3,(H,20,25). The number of piperidine rings is 1. The summed E-state index contributed by atoms with van der Waals surface area (Å²) in [6, 6.07) is 10.2. The van der Waals surface area contributed by atoms with Gasteiger partial charge in [-0.1, -0.05) is 35.7 Å². The Kier molecular flexibility index (Phi) is 6.34. The van der Waals surface area contributed by atoms with Crippen molar-refractivity contribution in [3.05, 3.63) is 63.0 Å². The second-order valence-electron chi connectivity index (χ2n) is 6.16. The Labute approximate surface area is 161 Å². The van der Waals surface area contributed by atoms with Gasteiger partial charge in [0.1, 0.15) is 5.69 Å². The normalized spacial score (nSPS) is 15.8. The van der Waals surface area contributed by atoms with E-state index >= 15 is 0 Å². The maximum absolute atomic E-state index is 12.4. The molecule has 1 aromatic heterocycles. The fourth-order valence-electron chi connectivity index (χ4n) is 3.00. The third-order valence-corrected chi connectivity index (χ3v) is 5.54. The van der Waals surface area contributed by atoms with Crippen LogP contribution >= 0.6 is 23.5 Å². The van der Waals surface area contributed by atoms with Gasteiger partial charge in [0.25, 0.3) is 11.5 Å². The van der Waals surface area contributed by atoms with E-state index in [4.69, 9.17) is 11.6 Å². The lowest BCUT2D eigenvalue weighted by molar-refractivity contribution is 0.0942. The third-order valence-electron chi connectivity index (χ3n) is 4.43. The summed E-state index contributed by atoms with van der Waals surface area (Å²) in [6.45, 7) is 2.17. The van der Waals surface area contributed by atoms with Gasteiger partial charge < -0.3 is 5.32 Å². The van der Waals surface area contributed by atoms with Crippen LogP contribution in [-0.4, -0.2) is 39.3 Å². The lowest BCUT2D eigenvalue weighted by Gasteiger charge is -2.30. The number of nitrogens with zero attached hydrogens (tertiary/aromatic N) is 3. The molecule has 6 nitrogen and oxygen atoms in total. The van der Waals surface area contributed by atoms with Crippen LogP contribution in [0.15, 0.2) is 41.2 Å². The fraction of sp³-hybridized carbons (Fsp3) is 0.389. The smallest absolute Gasteiger partial charge is 0.271 e. The van der Waals surface area contributed by atoms with Crippen molar-refractivity contribution in [3.8, 4) is 0 Å².